The van der Waals surface area contributed by atoms with Crippen molar-refractivity contribution in [3.63, 3.8) is 0 Å². The van der Waals surface area contributed by atoms with Gasteiger partial charge in [0.1, 0.15) is 5.82 Å². The third kappa shape index (κ3) is 2.37. The van der Waals surface area contributed by atoms with Crippen molar-refractivity contribution in [1.82, 2.24) is 24.3 Å². The van der Waals surface area contributed by atoms with Gasteiger partial charge in [0.25, 0.3) is 0 Å². The first-order valence-corrected chi connectivity index (χ1v) is 10.7. The second kappa shape index (κ2) is 5.89. The minimum Gasteiger partial charge on any atom is -0.383 e. The Balaban J connectivity index is 1.41. The molecule has 3 aromatic heterocycles. The molecule has 2 bridgehead atoms. The number of fused-ring (bicyclic) bond motifs is 1. The van der Waals surface area contributed by atoms with Crippen molar-refractivity contribution in [3.05, 3.63) is 48.3 Å². The van der Waals surface area contributed by atoms with Crippen LogP contribution in [0.2, 0.25) is 0 Å². The standard InChI is InChI=1S/C22H23F3N6/c1-3-11(2)31-17(21-13-7-16(19(21)18(13)21)30-5-4-27-10-30)8-15(29-31)12-6-14(22(23,24)25)20(26)28-9-12/h4-6,8-11,13,16,18-19H,3,7H2,1-2H3,(H2,26,28). The summed E-state index contributed by atoms with van der Waals surface area (Å²) in [6.07, 6.45) is 4.56. The Kier molecular flexibility index (Phi) is 3.59. The highest BCUT2D eigenvalue weighted by molar-refractivity contribution is 5.65. The number of hydrogen-bond acceptors (Lipinski definition) is 4. The van der Waals surface area contributed by atoms with Gasteiger partial charge in [-0.3, -0.25) is 4.68 Å². The zero-order valence-electron chi connectivity index (χ0n) is 17.2. The number of halogens is 3. The number of nitrogens with two attached hydrogens (primary N) is 1. The summed E-state index contributed by atoms with van der Waals surface area (Å²) >= 11 is 0. The SMILES string of the molecule is CCC(C)n1nc(-c2cnc(N)c(C(F)(F)F)c2)cc1C12C3CC(n4ccnc4)C1C32. The summed E-state index contributed by atoms with van der Waals surface area (Å²) in [6, 6.07) is 3.65. The molecule has 31 heavy (non-hydrogen) atoms. The Morgan fingerprint density at radius 2 is 2.10 bits per heavy atom. The molecule has 0 aliphatic heterocycles. The van der Waals surface area contributed by atoms with Crippen molar-refractivity contribution < 1.29 is 13.2 Å². The first kappa shape index (κ1) is 18.9. The van der Waals surface area contributed by atoms with Crippen LogP contribution in [0, 0.1) is 17.8 Å². The van der Waals surface area contributed by atoms with Gasteiger partial charge in [0.05, 0.1) is 17.6 Å². The molecule has 3 aromatic rings. The van der Waals surface area contributed by atoms with Crippen LogP contribution in [0.4, 0.5) is 19.0 Å². The van der Waals surface area contributed by atoms with Gasteiger partial charge in [0, 0.05) is 47.3 Å². The summed E-state index contributed by atoms with van der Waals surface area (Å²) in [5.74, 6) is 1.30. The number of nitrogens with zero attached hydrogens (tertiary/aromatic N) is 5. The van der Waals surface area contributed by atoms with Gasteiger partial charge in [-0.2, -0.15) is 18.3 Å². The molecule has 0 spiro atoms. The van der Waals surface area contributed by atoms with Crippen LogP contribution in [-0.2, 0) is 11.6 Å². The van der Waals surface area contributed by atoms with Gasteiger partial charge in [-0.1, -0.05) is 6.92 Å². The fraction of sp³-hybridized carbons (Fsp3) is 0.500. The topological polar surface area (TPSA) is 74.6 Å². The Labute approximate surface area is 177 Å². The fourth-order valence-electron chi connectivity index (χ4n) is 6.18. The van der Waals surface area contributed by atoms with E-state index in [1.165, 1.54) is 6.20 Å². The molecule has 162 valence electrons. The number of rotatable bonds is 5. The molecule has 9 heteroatoms. The van der Waals surface area contributed by atoms with Gasteiger partial charge in [-0.15, -0.1) is 0 Å². The van der Waals surface area contributed by atoms with E-state index >= 15 is 0 Å². The summed E-state index contributed by atoms with van der Waals surface area (Å²) < 4.78 is 44.3. The number of anilines is 1. The van der Waals surface area contributed by atoms with E-state index in [2.05, 4.69) is 28.4 Å². The van der Waals surface area contributed by atoms with Crippen molar-refractivity contribution in [1.29, 1.82) is 0 Å². The molecule has 4 saturated carbocycles. The maximum atomic E-state index is 13.4. The van der Waals surface area contributed by atoms with Gasteiger partial charge in [-0.25, -0.2) is 9.97 Å². The predicted molar refractivity (Wildman–Crippen MR) is 108 cm³/mol. The number of pyridine rings is 1. The van der Waals surface area contributed by atoms with Crippen molar-refractivity contribution >= 4 is 5.82 Å². The van der Waals surface area contributed by atoms with Gasteiger partial charge in [-0.05, 0) is 49.7 Å². The van der Waals surface area contributed by atoms with Crippen molar-refractivity contribution in [2.75, 3.05) is 5.73 Å². The molecule has 6 unspecified atom stereocenters. The lowest BCUT2D eigenvalue weighted by Crippen LogP contribution is -2.17. The lowest BCUT2D eigenvalue weighted by Gasteiger charge is -2.18. The Morgan fingerprint density at radius 1 is 1.29 bits per heavy atom. The molecule has 2 N–H and O–H groups in total. The van der Waals surface area contributed by atoms with E-state index in [1.54, 1.807) is 0 Å². The molecule has 6 nitrogen and oxygen atoms in total. The van der Waals surface area contributed by atoms with Gasteiger partial charge >= 0.3 is 6.18 Å². The highest BCUT2D eigenvalue weighted by atomic mass is 19.4. The smallest absolute Gasteiger partial charge is 0.383 e. The van der Waals surface area contributed by atoms with Crippen LogP contribution >= 0.6 is 0 Å². The monoisotopic (exact) mass is 428 g/mol. The lowest BCUT2D eigenvalue weighted by atomic mass is 9.99. The highest BCUT2D eigenvalue weighted by Crippen LogP contribution is 2.93. The van der Waals surface area contributed by atoms with Crippen LogP contribution in [0.5, 0.6) is 0 Å². The van der Waals surface area contributed by atoms with E-state index in [9.17, 15) is 13.2 Å². The summed E-state index contributed by atoms with van der Waals surface area (Å²) in [4.78, 5) is 8.00. The van der Waals surface area contributed by atoms with Gasteiger partial charge in [0.15, 0.2) is 0 Å². The quantitative estimate of drug-likeness (QED) is 0.651. The Morgan fingerprint density at radius 3 is 2.74 bits per heavy atom. The average molecular weight is 428 g/mol. The van der Waals surface area contributed by atoms with E-state index in [1.807, 2.05) is 29.5 Å². The first-order chi connectivity index (χ1) is 14.8. The number of imidazole rings is 1. The van der Waals surface area contributed by atoms with E-state index < -0.39 is 17.6 Å². The molecular formula is C22H23F3N6. The molecule has 3 heterocycles. The highest BCUT2D eigenvalue weighted by Gasteiger charge is 2.93. The molecule has 4 aliphatic rings. The van der Waals surface area contributed by atoms with E-state index in [4.69, 9.17) is 10.8 Å². The third-order valence-electron chi connectivity index (χ3n) is 7.84. The fourth-order valence-corrected chi connectivity index (χ4v) is 6.18. The summed E-state index contributed by atoms with van der Waals surface area (Å²) in [5.41, 5.74) is 6.71. The number of hydrogen-bond donors (Lipinski definition) is 1. The minimum atomic E-state index is -4.55. The van der Waals surface area contributed by atoms with Gasteiger partial charge < -0.3 is 10.3 Å². The summed E-state index contributed by atoms with van der Waals surface area (Å²) in [7, 11) is 0. The Hall–Kier alpha value is -2.84. The second-order valence-corrected chi connectivity index (χ2v) is 9.18. The second-order valence-electron chi connectivity index (χ2n) is 9.18. The number of alkyl halides is 3. The molecule has 4 aliphatic carbocycles. The van der Waals surface area contributed by atoms with Crippen LogP contribution in [-0.4, -0.2) is 24.3 Å². The molecule has 0 amide bonds. The van der Waals surface area contributed by atoms with Crippen LogP contribution in [0.25, 0.3) is 11.3 Å². The molecule has 7 rings (SSSR count). The molecule has 0 radical (unpaired) electrons. The van der Waals surface area contributed by atoms with E-state index in [0.717, 1.165) is 24.6 Å². The average Bonchev–Trinajstić information content (AvgIpc) is 3.25. The van der Waals surface area contributed by atoms with E-state index in [0.29, 0.717) is 35.1 Å². The first-order valence-electron chi connectivity index (χ1n) is 10.7. The zero-order valence-corrected chi connectivity index (χ0v) is 17.2. The minimum absolute atomic E-state index is 0.109. The molecular weight excluding hydrogens is 405 g/mol. The molecule has 0 saturated heterocycles. The zero-order chi connectivity index (χ0) is 21.7. The molecule has 6 atom stereocenters. The molecule has 4 fully saturated rings. The van der Waals surface area contributed by atoms with Crippen molar-refractivity contribution in [3.8, 4) is 11.3 Å². The van der Waals surface area contributed by atoms with Crippen LogP contribution in [0.15, 0.2) is 37.1 Å². The van der Waals surface area contributed by atoms with E-state index in [-0.39, 0.29) is 11.5 Å². The summed E-state index contributed by atoms with van der Waals surface area (Å²) in [5, 5.41) is 4.77. The maximum Gasteiger partial charge on any atom is 0.419 e. The number of nitrogen functional groups attached to an aromatic ring is 1. The van der Waals surface area contributed by atoms with Crippen LogP contribution < -0.4 is 5.73 Å². The predicted octanol–water partition coefficient (Wildman–Crippen LogP) is 4.47. The normalized spacial score (nSPS) is 31.5. The largest absolute Gasteiger partial charge is 0.419 e. The summed E-state index contributed by atoms with van der Waals surface area (Å²) in [6.45, 7) is 4.20. The van der Waals surface area contributed by atoms with Crippen molar-refractivity contribution in [2.45, 2.75) is 50.4 Å². The Bertz CT molecular complexity index is 1160. The molecule has 0 aromatic carbocycles. The van der Waals surface area contributed by atoms with Gasteiger partial charge in [0.2, 0.25) is 0 Å². The van der Waals surface area contributed by atoms with Crippen LogP contribution in [0.3, 0.4) is 0 Å². The maximum absolute atomic E-state index is 13.4. The van der Waals surface area contributed by atoms with Crippen LogP contribution in [0.1, 0.15) is 50.0 Å². The number of aromatic nitrogens is 5. The lowest BCUT2D eigenvalue weighted by molar-refractivity contribution is -0.137. The third-order valence-corrected chi connectivity index (χ3v) is 7.84. The van der Waals surface area contributed by atoms with Crippen molar-refractivity contribution in [2.24, 2.45) is 17.8 Å².